The second-order valence-electron chi connectivity index (χ2n) is 5.55. The van der Waals surface area contributed by atoms with Gasteiger partial charge >= 0.3 is 0 Å². The number of rotatable bonds is 2. The van der Waals surface area contributed by atoms with Gasteiger partial charge in [-0.2, -0.15) is 0 Å². The van der Waals surface area contributed by atoms with Gasteiger partial charge in [0.2, 0.25) is 0 Å². The molecular formula is C13H25NO2. The summed E-state index contributed by atoms with van der Waals surface area (Å²) in [6.45, 7) is 4.28. The van der Waals surface area contributed by atoms with Crippen molar-refractivity contribution in [3.8, 4) is 0 Å². The summed E-state index contributed by atoms with van der Waals surface area (Å²) in [5.74, 6) is 0. The SMILES string of the molecule is CC1CC(NC2CCCCC2O)CC(C)O1. The first-order chi connectivity index (χ1) is 7.65. The topological polar surface area (TPSA) is 41.5 Å². The molecule has 1 aliphatic carbocycles. The molecule has 0 aromatic carbocycles. The van der Waals surface area contributed by atoms with Crippen molar-refractivity contribution in [1.82, 2.24) is 5.32 Å². The van der Waals surface area contributed by atoms with Gasteiger partial charge in [0.1, 0.15) is 0 Å². The van der Waals surface area contributed by atoms with E-state index in [1.807, 2.05) is 0 Å². The summed E-state index contributed by atoms with van der Waals surface area (Å²) in [7, 11) is 0. The normalized spacial score (nSPS) is 45.6. The fourth-order valence-electron chi connectivity index (χ4n) is 3.15. The molecular weight excluding hydrogens is 202 g/mol. The van der Waals surface area contributed by atoms with Crippen molar-refractivity contribution in [3.63, 3.8) is 0 Å². The average Bonchev–Trinajstić information content (AvgIpc) is 2.20. The molecule has 0 aromatic rings. The van der Waals surface area contributed by atoms with Gasteiger partial charge < -0.3 is 15.2 Å². The van der Waals surface area contributed by atoms with Gasteiger partial charge in [0.15, 0.2) is 0 Å². The van der Waals surface area contributed by atoms with Crippen molar-refractivity contribution in [1.29, 1.82) is 0 Å². The highest BCUT2D eigenvalue weighted by Crippen LogP contribution is 2.23. The molecule has 1 aliphatic heterocycles. The monoisotopic (exact) mass is 227 g/mol. The Kier molecular flexibility index (Phi) is 4.22. The minimum atomic E-state index is -0.137. The summed E-state index contributed by atoms with van der Waals surface area (Å²) in [5, 5.41) is 13.6. The number of aliphatic hydroxyl groups is 1. The highest BCUT2D eigenvalue weighted by molar-refractivity contribution is 4.86. The summed E-state index contributed by atoms with van der Waals surface area (Å²) in [6, 6.07) is 0.841. The van der Waals surface area contributed by atoms with Gasteiger partial charge in [-0.3, -0.25) is 0 Å². The summed E-state index contributed by atoms with van der Waals surface area (Å²) >= 11 is 0. The zero-order chi connectivity index (χ0) is 11.5. The maximum atomic E-state index is 9.94. The van der Waals surface area contributed by atoms with E-state index >= 15 is 0 Å². The molecule has 1 saturated carbocycles. The van der Waals surface area contributed by atoms with E-state index in [0.717, 1.165) is 25.7 Å². The third kappa shape index (κ3) is 3.19. The molecule has 0 aromatic heterocycles. The van der Waals surface area contributed by atoms with Crippen LogP contribution < -0.4 is 5.32 Å². The quantitative estimate of drug-likeness (QED) is 0.756. The molecule has 2 fully saturated rings. The lowest BCUT2D eigenvalue weighted by Gasteiger charge is -2.37. The molecule has 2 aliphatic rings. The first-order valence-corrected chi connectivity index (χ1v) is 6.74. The second kappa shape index (κ2) is 5.48. The van der Waals surface area contributed by atoms with Gasteiger partial charge in [-0.05, 0) is 39.5 Å². The van der Waals surface area contributed by atoms with Gasteiger partial charge in [-0.15, -0.1) is 0 Å². The average molecular weight is 227 g/mol. The lowest BCUT2D eigenvalue weighted by molar-refractivity contribution is -0.0477. The van der Waals surface area contributed by atoms with Crippen LogP contribution in [-0.2, 0) is 4.74 Å². The summed E-state index contributed by atoms with van der Waals surface area (Å²) in [6.07, 6.45) is 7.24. The molecule has 2 N–H and O–H groups in total. The maximum Gasteiger partial charge on any atom is 0.0693 e. The summed E-state index contributed by atoms with van der Waals surface area (Å²) in [4.78, 5) is 0. The molecule has 0 radical (unpaired) electrons. The van der Waals surface area contributed by atoms with E-state index in [1.165, 1.54) is 12.8 Å². The van der Waals surface area contributed by atoms with Crippen molar-refractivity contribution in [2.45, 2.75) is 82.8 Å². The van der Waals surface area contributed by atoms with E-state index in [0.29, 0.717) is 24.3 Å². The van der Waals surface area contributed by atoms with Crippen LogP contribution in [0.2, 0.25) is 0 Å². The molecule has 3 heteroatoms. The molecule has 4 atom stereocenters. The molecule has 3 nitrogen and oxygen atoms in total. The van der Waals surface area contributed by atoms with Crippen LogP contribution in [0.1, 0.15) is 52.4 Å². The number of nitrogens with one attached hydrogen (secondary N) is 1. The minimum Gasteiger partial charge on any atom is -0.392 e. The third-order valence-corrected chi connectivity index (χ3v) is 3.88. The third-order valence-electron chi connectivity index (χ3n) is 3.88. The molecule has 1 heterocycles. The lowest BCUT2D eigenvalue weighted by Crippen LogP contribution is -2.50. The Morgan fingerprint density at radius 1 is 1.06 bits per heavy atom. The zero-order valence-electron chi connectivity index (χ0n) is 10.5. The van der Waals surface area contributed by atoms with Crippen LogP contribution in [0.5, 0.6) is 0 Å². The van der Waals surface area contributed by atoms with Crippen LogP contribution in [-0.4, -0.2) is 35.5 Å². The fourth-order valence-corrected chi connectivity index (χ4v) is 3.15. The molecule has 0 spiro atoms. The maximum absolute atomic E-state index is 9.94. The Labute approximate surface area is 98.6 Å². The second-order valence-corrected chi connectivity index (χ2v) is 5.55. The van der Waals surface area contributed by atoms with Crippen molar-refractivity contribution >= 4 is 0 Å². The van der Waals surface area contributed by atoms with Crippen molar-refractivity contribution in [2.75, 3.05) is 0 Å². The molecule has 4 unspecified atom stereocenters. The molecule has 0 bridgehead atoms. The first kappa shape index (κ1) is 12.3. The number of hydrogen-bond acceptors (Lipinski definition) is 3. The Hall–Kier alpha value is -0.120. The Balaban J connectivity index is 1.83. The lowest BCUT2D eigenvalue weighted by atomic mass is 9.90. The van der Waals surface area contributed by atoms with Gasteiger partial charge in [0.25, 0.3) is 0 Å². The predicted molar refractivity (Wildman–Crippen MR) is 64.4 cm³/mol. The van der Waals surface area contributed by atoms with Crippen LogP contribution in [0.3, 0.4) is 0 Å². The van der Waals surface area contributed by atoms with Crippen molar-refractivity contribution < 1.29 is 9.84 Å². The minimum absolute atomic E-state index is 0.137. The van der Waals surface area contributed by atoms with Gasteiger partial charge in [0, 0.05) is 12.1 Å². The number of aliphatic hydroxyl groups excluding tert-OH is 1. The van der Waals surface area contributed by atoms with E-state index in [1.54, 1.807) is 0 Å². The molecule has 16 heavy (non-hydrogen) atoms. The Morgan fingerprint density at radius 3 is 2.31 bits per heavy atom. The van der Waals surface area contributed by atoms with E-state index in [4.69, 9.17) is 4.74 Å². The van der Waals surface area contributed by atoms with Crippen LogP contribution in [0.4, 0.5) is 0 Å². The highest BCUT2D eigenvalue weighted by atomic mass is 16.5. The van der Waals surface area contributed by atoms with E-state index in [2.05, 4.69) is 19.2 Å². The fraction of sp³-hybridized carbons (Fsp3) is 1.00. The van der Waals surface area contributed by atoms with Crippen LogP contribution in [0.25, 0.3) is 0 Å². The molecule has 94 valence electrons. The highest BCUT2D eigenvalue weighted by Gasteiger charge is 2.29. The summed E-state index contributed by atoms with van der Waals surface area (Å²) in [5.41, 5.74) is 0. The van der Waals surface area contributed by atoms with Crippen molar-refractivity contribution in [3.05, 3.63) is 0 Å². The Morgan fingerprint density at radius 2 is 1.69 bits per heavy atom. The van der Waals surface area contributed by atoms with E-state index < -0.39 is 0 Å². The van der Waals surface area contributed by atoms with Crippen LogP contribution >= 0.6 is 0 Å². The standard InChI is InChI=1S/C13H25NO2/c1-9-7-11(8-10(2)16-9)14-12-5-3-4-6-13(12)15/h9-15H,3-8H2,1-2H3. The molecule has 2 rings (SSSR count). The van der Waals surface area contributed by atoms with Crippen molar-refractivity contribution in [2.24, 2.45) is 0 Å². The van der Waals surface area contributed by atoms with Gasteiger partial charge in [0.05, 0.1) is 18.3 Å². The summed E-state index contributed by atoms with van der Waals surface area (Å²) < 4.78 is 5.73. The van der Waals surface area contributed by atoms with Crippen LogP contribution in [0.15, 0.2) is 0 Å². The van der Waals surface area contributed by atoms with Gasteiger partial charge in [-0.25, -0.2) is 0 Å². The number of ether oxygens (including phenoxy) is 1. The zero-order valence-corrected chi connectivity index (χ0v) is 10.5. The first-order valence-electron chi connectivity index (χ1n) is 6.74. The van der Waals surface area contributed by atoms with E-state index in [-0.39, 0.29) is 6.10 Å². The smallest absolute Gasteiger partial charge is 0.0693 e. The van der Waals surface area contributed by atoms with E-state index in [9.17, 15) is 5.11 Å². The van der Waals surface area contributed by atoms with Gasteiger partial charge in [-0.1, -0.05) is 12.8 Å². The largest absolute Gasteiger partial charge is 0.392 e. The predicted octanol–water partition coefficient (Wildman–Crippen LogP) is 1.84. The number of hydrogen-bond donors (Lipinski definition) is 2. The molecule has 0 amide bonds. The Bertz CT molecular complexity index is 212. The molecule has 1 saturated heterocycles. The van der Waals surface area contributed by atoms with Crippen LogP contribution in [0, 0.1) is 0 Å².